The minimum atomic E-state index is 0.597. The van der Waals surface area contributed by atoms with Crippen LogP contribution in [0.15, 0.2) is 36.4 Å². The third-order valence-corrected chi connectivity index (χ3v) is 5.58. The van der Waals surface area contributed by atoms with Crippen molar-refractivity contribution in [2.24, 2.45) is 0 Å². The van der Waals surface area contributed by atoms with Crippen LogP contribution < -0.4 is 19.5 Å². The Morgan fingerprint density at radius 1 is 0.900 bits per heavy atom. The Hall–Kier alpha value is -2.70. The van der Waals surface area contributed by atoms with Crippen LogP contribution in [-0.2, 0) is 19.6 Å². The van der Waals surface area contributed by atoms with Crippen LogP contribution in [0, 0.1) is 13.8 Å². The summed E-state index contributed by atoms with van der Waals surface area (Å²) in [5.41, 5.74) is 5.36. The minimum absolute atomic E-state index is 0.597. The number of rotatable bonds is 9. The van der Waals surface area contributed by atoms with E-state index in [0.29, 0.717) is 36.9 Å². The zero-order valence-corrected chi connectivity index (χ0v) is 18.8. The van der Waals surface area contributed by atoms with E-state index in [-0.39, 0.29) is 0 Å². The highest BCUT2D eigenvalue weighted by molar-refractivity contribution is 6.31. The number of halogens is 1. The van der Waals surface area contributed by atoms with E-state index in [2.05, 4.69) is 12.2 Å². The van der Waals surface area contributed by atoms with Crippen LogP contribution in [0.5, 0.6) is 17.2 Å². The summed E-state index contributed by atoms with van der Waals surface area (Å²) < 4.78 is 18.4. The smallest absolute Gasteiger partial charge is 0.203 e. The third-order valence-electron chi connectivity index (χ3n) is 5.21. The number of methoxy groups -OCH3 is 3. The quantitative estimate of drug-likeness (QED) is 0.542. The van der Waals surface area contributed by atoms with Gasteiger partial charge in [0.2, 0.25) is 5.75 Å². The van der Waals surface area contributed by atoms with Crippen LogP contribution in [0.1, 0.15) is 28.1 Å². The third kappa shape index (κ3) is 4.55. The molecule has 0 fully saturated rings. The second-order valence-corrected chi connectivity index (χ2v) is 7.40. The summed E-state index contributed by atoms with van der Waals surface area (Å²) in [5, 5.41) is 8.96. The lowest BCUT2D eigenvalue weighted by molar-refractivity contribution is 0.321. The van der Waals surface area contributed by atoms with Gasteiger partial charge in [-0.25, -0.2) is 0 Å². The summed E-state index contributed by atoms with van der Waals surface area (Å²) in [5.74, 6) is 1.91. The molecule has 1 aromatic heterocycles. The number of nitrogens with one attached hydrogen (secondary N) is 1. The van der Waals surface area contributed by atoms with Crippen LogP contribution in [0.2, 0.25) is 5.02 Å². The average Bonchev–Trinajstić information content (AvgIpc) is 3.02. The fourth-order valence-corrected chi connectivity index (χ4v) is 3.75. The summed E-state index contributed by atoms with van der Waals surface area (Å²) in [6, 6.07) is 11.7. The van der Waals surface area contributed by atoms with Crippen molar-refractivity contribution in [2.45, 2.75) is 33.5 Å². The predicted octanol–water partition coefficient (Wildman–Crippen LogP) is 4.52. The molecule has 0 unspecified atom stereocenters. The first-order valence-corrected chi connectivity index (χ1v) is 10.1. The van der Waals surface area contributed by atoms with Gasteiger partial charge in [0.05, 0.1) is 33.6 Å². The molecule has 0 aliphatic carbocycles. The van der Waals surface area contributed by atoms with Gasteiger partial charge in [0.15, 0.2) is 11.5 Å². The maximum Gasteiger partial charge on any atom is 0.203 e. The Morgan fingerprint density at radius 2 is 1.63 bits per heavy atom. The molecule has 0 aliphatic heterocycles. The zero-order chi connectivity index (χ0) is 21.7. The van der Waals surface area contributed by atoms with Crippen molar-refractivity contribution in [1.29, 1.82) is 0 Å². The lowest BCUT2D eigenvalue weighted by Crippen LogP contribution is -2.15. The highest BCUT2D eigenvalue weighted by Crippen LogP contribution is 2.39. The van der Waals surface area contributed by atoms with E-state index < -0.39 is 0 Å². The van der Waals surface area contributed by atoms with E-state index in [1.165, 1.54) is 5.56 Å². The van der Waals surface area contributed by atoms with E-state index >= 15 is 0 Å². The molecule has 0 amide bonds. The van der Waals surface area contributed by atoms with Crippen molar-refractivity contribution >= 4 is 11.6 Å². The number of ether oxygens (including phenoxy) is 3. The van der Waals surface area contributed by atoms with E-state index in [9.17, 15) is 0 Å². The van der Waals surface area contributed by atoms with Gasteiger partial charge in [0.1, 0.15) is 0 Å². The lowest BCUT2D eigenvalue weighted by atomic mass is 10.1. The molecule has 30 heavy (non-hydrogen) atoms. The van der Waals surface area contributed by atoms with Gasteiger partial charge in [-0.1, -0.05) is 35.9 Å². The van der Waals surface area contributed by atoms with Crippen molar-refractivity contribution in [1.82, 2.24) is 15.1 Å². The van der Waals surface area contributed by atoms with Crippen molar-refractivity contribution in [3.63, 3.8) is 0 Å². The Balaban J connectivity index is 1.73. The molecule has 2 aromatic carbocycles. The number of hydrogen-bond acceptors (Lipinski definition) is 5. The zero-order valence-electron chi connectivity index (χ0n) is 18.1. The van der Waals surface area contributed by atoms with Gasteiger partial charge in [-0.15, -0.1) is 0 Å². The van der Waals surface area contributed by atoms with Crippen LogP contribution in [0.4, 0.5) is 0 Å². The number of aryl methyl sites for hydroxylation is 1. The Labute approximate surface area is 182 Å². The van der Waals surface area contributed by atoms with Gasteiger partial charge in [-0.2, -0.15) is 5.10 Å². The number of nitrogens with zero attached hydrogens (tertiary/aromatic N) is 2. The molecule has 0 atom stereocenters. The molecule has 7 heteroatoms. The summed E-state index contributed by atoms with van der Waals surface area (Å²) in [6.07, 6.45) is 0. The second-order valence-electron chi connectivity index (χ2n) is 7.00. The topological polar surface area (TPSA) is 57.5 Å². The second kappa shape index (κ2) is 9.87. The van der Waals surface area contributed by atoms with Gasteiger partial charge >= 0.3 is 0 Å². The highest BCUT2D eigenvalue weighted by Gasteiger charge is 2.17. The number of benzene rings is 2. The summed E-state index contributed by atoms with van der Waals surface area (Å²) in [6.45, 7) is 6.08. The molecule has 0 saturated heterocycles. The molecule has 1 N–H and O–H groups in total. The highest BCUT2D eigenvalue weighted by atomic mass is 35.5. The van der Waals surface area contributed by atoms with Gasteiger partial charge in [-0.3, -0.25) is 4.68 Å². The Morgan fingerprint density at radius 3 is 2.30 bits per heavy atom. The van der Waals surface area contributed by atoms with Gasteiger partial charge in [0.25, 0.3) is 0 Å². The first-order valence-electron chi connectivity index (χ1n) is 9.75. The molecule has 3 aromatic rings. The van der Waals surface area contributed by atoms with Crippen molar-refractivity contribution < 1.29 is 14.2 Å². The normalized spacial score (nSPS) is 10.9. The van der Waals surface area contributed by atoms with Gasteiger partial charge < -0.3 is 19.5 Å². The van der Waals surface area contributed by atoms with E-state index in [1.807, 2.05) is 48.0 Å². The van der Waals surface area contributed by atoms with Gasteiger partial charge in [-0.05, 0) is 31.5 Å². The molecule has 160 valence electrons. The molecule has 6 nitrogen and oxygen atoms in total. The van der Waals surface area contributed by atoms with Crippen molar-refractivity contribution in [2.75, 3.05) is 21.3 Å². The minimum Gasteiger partial charge on any atom is -0.493 e. The van der Waals surface area contributed by atoms with E-state index in [1.54, 1.807) is 21.3 Å². The lowest BCUT2D eigenvalue weighted by Gasteiger charge is -2.16. The molecule has 0 saturated carbocycles. The van der Waals surface area contributed by atoms with Gasteiger partial charge in [0, 0.05) is 34.9 Å². The molecule has 0 aliphatic rings. The molecule has 3 rings (SSSR count). The Bertz CT molecular complexity index is 1020. The summed E-state index contributed by atoms with van der Waals surface area (Å²) >= 11 is 6.31. The maximum atomic E-state index is 6.31. The summed E-state index contributed by atoms with van der Waals surface area (Å²) in [4.78, 5) is 0. The molecule has 0 radical (unpaired) electrons. The maximum absolute atomic E-state index is 6.31. The largest absolute Gasteiger partial charge is 0.493 e. The molecule has 0 spiro atoms. The number of hydrogen-bond donors (Lipinski definition) is 1. The average molecular weight is 430 g/mol. The number of aromatic nitrogens is 2. The standard InChI is InChI=1S/C23H28ClN3O3/c1-15-19(16(2)27(26-15)14-18-8-6-7-9-20(18)24)13-25-12-17-10-11-21(28-3)23(30-5)22(17)29-4/h6-11,25H,12-14H2,1-5H3. The monoisotopic (exact) mass is 429 g/mol. The van der Waals surface area contributed by atoms with Crippen molar-refractivity contribution in [3.8, 4) is 17.2 Å². The Kier molecular flexibility index (Phi) is 7.24. The van der Waals surface area contributed by atoms with Crippen LogP contribution in [0.3, 0.4) is 0 Å². The summed E-state index contributed by atoms with van der Waals surface area (Å²) in [7, 11) is 4.85. The first-order chi connectivity index (χ1) is 14.5. The van der Waals surface area contributed by atoms with Crippen LogP contribution >= 0.6 is 11.6 Å². The SMILES string of the molecule is COc1ccc(CNCc2c(C)nn(Cc3ccccc3Cl)c2C)c(OC)c1OC. The fourth-order valence-electron chi connectivity index (χ4n) is 3.56. The van der Waals surface area contributed by atoms with E-state index in [4.69, 9.17) is 30.9 Å². The first kappa shape index (κ1) is 22.0. The van der Waals surface area contributed by atoms with E-state index in [0.717, 1.165) is 27.5 Å². The molecular formula is C23H28ClN3O3. The fraction of sp³-hybridized carbons (Fsp3) is 0.348. The van der Waals surface area contributed by atoms with Crippen LogP contribution in [-0.4, -0.2) is 31.1 Å². The molecule has 1 heterocycles. The van der Waals surface area contributed by atoms with Crippen LogP contribution in [0.25, 0.3) is 0 Å². The molecule has 0 bridgehead atoms. The van der Waals surface area contributed by atoms with Crippen molar-refractivity contribution in [3.05, 3.63) is 69.5 Å². The predicted molar refractivity (Wildman–Crippen MR) is 119 cm³/mol. The molecular weight excluding hydrogens is 402 g/mol.